The largest absolute Gasteiger partial charge is 0.393 e. The van der Waals surface area contributed by atoms with E-state index in [4.69, 9.17) is 5.73 Å². The summed E-state index contributed by atoms with van der Waals surface area (Å²) >= 11 is 0. The summed E-state index contributed by atoms with van der Waals surface area (Å²) in [6.07, 6.45) is 7.56. The maximum atomic E-state index is 12.9. The molecule has 1 saturated heterocycles. The van der Waals surface area contributed by atoms with Gasteiger partial charge in [0.25, 0.3) is 0 Å². The highest BCUT2D eigenvalue weighted by molar-refractivity contribution is 6.39. The van der Waals surface area contributed by atoms with Crippen molar-refractivity contribution in [3.63, 3.8) is 0 Å². The molecular weight excluding hydrogens is 360 g/mol. The van der Waals surface area contributed by atoms with Crippen LogP contribution < -0.4 is 11.1 Å². The molecule has 28 heavy (non-hydrogen) atoms. The van der Waals surface area contributed by atoms with Gasteiger partial charge >= 0.3 is 11.8 Å². The van der Waals surface area contributed by atoms with Gasteiger partial charge < -0.3 is 21.1 Å². The van der Waals surface area contributed by atoms with E-state index in [0.717, 1.165) is 38.5 Å². The second kappa shape index (κ2) is 8.68. The number of likely N-dealkylation sites (tertiary alicyclic amines) is 1. The number of rotatable bonds is 3. The Hall–Kier alpha value is -2.48. The van der Waals surface area contributed by atoms with Crippen molar-refractivity contribution in [3.05, 3.63) is 24.0 Å². The fourth-order valence-electron chi connectivity index (χ4n) is 4.34. The summed E-state index contributed by atoms with van der Waals surface area (Å²) in [5.41, 5.74) is 5.65. The quantitative estimate of drug-likeness (QED) is 0.673. The fraction of sp³-hybridized carbons (Fsp3) is 0.600. The summed E-state index contributed by atoms with van der Waals surface area (Å²) in [5.74, 6) is -1.31. The predicted octanol–water partition coefficient (Wildman–Crippen LogP) is 1.30. The van der Waals surface area contributed by atoms with Crippen molar-refractivity contribution in [2.75, 3.05) is 11.9 Å². The molecule has 152 valence electrons. The summed E-state index contributed by atoms with van der Waals surface area (Å²) in [4.78, 5) is 42.4. The molecule has 1 aliphatic heterocycles. The molecule has 8 nitrogen and oxygen atoms in total. The molecule has 0 radical (unpaired) electrons. The summed E-state index contributed by atoms with van der Waals surface area (Å²) in [7, 11) is 0. The number of hydrogen-bond acceptors (Lipinski definition) is 5. The zero-order valence-corrected chi connectivity index (χ0v) is 16.1. The molecule has 2 atom stereocenters. The molecule has 0 unspecified atom stereocenters. The number of anilines is 1. The van der Waals surface area contributed by atoms with Crippen LogP contribution in [0.5, 0.6) is 0 Å². The number of aromatic nitrogens is 1. The normalized spacial score (nSPS) is 27.9. The third-order valence-corrected chi connectivity index (χ3v) is 5.89. The second-order valence-electron chi connectivity index (χ2n) is 8.06. The predicted molar refractivity (Wildman–Crippen MR) is 103 cm³/mol. The van der Waals surface area contributed by atoms with E-state index in [1.807, 2.05) is 0 Å². The number of nitrogens with zero attached hydrogens (tertiary/aromatic N) is 2. The van der Waals surface area contributed by atoms with Gasteiger partial charge in [-0.3, -0.25) is 19.4 Å². The van der Waals surface area contributed by atoms with Gasteiger partial charge in [0.05, 0.1) is 23.6 Å². The maximum Gasteiger partial charge on any atom is 0.313 e. The highest BCUT2D eigenvalue weighted by Crippen LogP contribution is 2.35. The zero-order valence-electron chi connectivity index (χ0n) is 16.1. The van der Waals surface area contributed by atoms with Crippen LogP contribution in [0.15, 0.2) is 18.5 Å². The summed E-state index contributed by atoms with van der Waals surface area (Å²) in [6.45, 7) is 2.63. The molecule has 1 saturated carbocycles. The van der Waals surface area contributed by atoms with E-state index < -0.39 is 17.7 Å². The molecule has 2 aliphatic rings. The molecule has 2 fully saturated rings. The Balaban J connectivity index is 1.71. The molecule has 1 aliphatic carbocycles. The minimum Gasteiger partial charge on any atom is -0.393 e. The van der Waals surface area contributed by atoms with Gasteiger partial charge in [-0.1, -0.05) is 6.92 Å². The Morgan fingerprint density at radius 1 is 1.14 bits per heavy atom. The lowest BCUT2D eigenvalue weighted by atomic mass is 9.77. The number of aliphatic hydroxyl groups excluding tert-OH is 1. The maximum absolute atomic E-state index is 12.9. The first-order valence-electron chi connectivity index (χ1n) is 9.90. The van der Waals surface area contributed by atoms with Crippen LogP contribution in [0.1, 0.15) is 55.8 Å². The van der Waals surface area contributed by atoms with Crippen molar-refractivity contribution in [2.24, 2.45) is 17.6 Å². The zero-order chi connectivity index (χ0) is 20.3. The number of pyridine rings is 1. The van der Waals surface area contributed by atoms with Crippen LogP contribution in [0.3, 0.4) is 0 Å². The van der Waals surface area contributed by atoms with Gasteiger partial charge in [-0.05, 0) is 56.4 Å². The second-order valence-corrected chi connectivity index (χ2v) is 8.06. The first-order valence-corrected chi connectivity index (χ1v) is 9.90. The lowest BCUT2D eigenvalue weighted by Crippen LogP contribution is -2.53. The molecular formula is C20H28N4O4. The number of primary amides is 1. The van der Waals surface area contributed by atoms with Crippen LogP contribution in [0, 0.1) is 11.8 Å². The molecule has 8 heteroatoms. The van der Waals surface area contributed by atoms with Gasteiger partial charge in [0.1, 0.15) is 0 Å². The number of amides is 3. The van der Waals surface area contributed by atoms with Crippen molar-refractivity contribution >= 4 is 23.4 Å². The van der Waals surface area contributed by atoms with E-state index in [1.54, 1.807) is 4.90 Å². The first kappa shape index (κ1) is 20.3. The smallest absolute Gasteiger partial charge is 0.313 e. The Bertz CT molecular complexity index is 745. The number of carbonyl (C=O) groups excluding carboxylic acids is 3. The number of piperidine rings is 1. The Kier molecular flexibility index (Phi) is 6.28. The fourth-order valence-corrected chi connectivity index (χ4v) is 4.34. The van der Waals surface area contributed by atoms with E-state index in [2.05, 4.69) is 17.2 Å². The first-order chi connectivity index (χ1) is 13.3. The lowest BCUT2D eigenvalue weighted by molar-refractivity contribution is -0.148. The minimum atomic E-state index is -0.738. The highest BCUT2D eigenvalue weighted by atomic mass is 16.3. The van der Waals surface area contributed by atoms with Gasteiger partial charge in [-0.25, -0.2) is 0 Å². The summed E-state index contributed by atoms with van der Waals surface area (Å²) in [6, 6.07) is 1.43. The molecule has 1 aromatic rings. The van der Waals surface area contributed by atoms with Gasteiger partial charge in [0.15, 0.2) is 0 Å². The van der Waals surface area contributed by atoms with Crippen LogP contribution in [-0.2, 0) is 9.59 Å². The van der Waals surface area contributed by atoms with Crippen LogP contribution >= 0.6 is 0 Å². The van der Waals surface area contributed by atoms with Gasteiger partial charge in [0, 0.05) is 18.8 Å². The number of hydrogen-bond donors (Lipinski definition) is 3. The molecule has 0 bridgehead atoms. The standard InChI is InChI=1S/C20H28N4O4/c1-12-2-7-17(13-3-5-16(25)6-4-13)24(11-12)20(28)19(27)23-15-8-14(18(21)26)9-22-10-15/h8-10,12-13,16-17,25H,2-7,11H2,1H3,(H2,21,26)(H,23,27)/t12-,13?,16?,17+/m0/s1. The van der Waals surface area contributed by atoms with Crippen molar-refractivity contribution in [1.82, 2.24) is 9.88 Å². The molecule has 0 aromatic carbocycles. The third-order valence-electron chi connectivity index (χ3n) is 5.89. The SMILES string of the molecule is C[C@H]1CC[C@H](C2CCC(O)CC2)N(C(=O)C(=O)Nc2cncc(C(N)=O)c2)C1. The molecule has 3 amide bonds. The number of carbonyl (C=O) groups is 3. The average molecular weight is 388 g/mol. The van der Waals surface area contributed by atoms with Crippen LogP contribution in [0.25, 0.3) is 0 Å². The Labute approximate surface area is 164 Å². The Morgan fingerprint density at radius 3 is 2.54 bits per heavy atom. The van der Waals surface area contributed by atoms with Crippen molar-refractivity contribution < 1.29 is 19.5 Å². The van der Waals surface area contributed by atoms with E-state index in [0.29, 0.717) is 18.4 Å². The van der Waals surface area contributed by atoms with Crippen LogP contribution in [0.2, 0.25) is 0 Å². The van der Waals surface area contributed by atoms with E-state index in [-0.39, 0.29) is 23.4 Å². The highest BCUT2D eigenvalue weighted by Gasteiger charge is 2.38. The number of aliphatic hydroxyl groups is 1. The molecule has 2 heterocycles. The average Bonchev–Trinajstić information content (AvgIpc) is 2.68. The van der Waals surface area contributed by atoms with Crippen molar-refractivity contribution in [2.45, 2.75) is 57.6 Å². The molecule has 0 spiro atoms. The number of nitrogens with one attached hydrogen (secondary N) is 1. The summed E-state index contributed by atoms with van der Waals surface area (Å²) in [5, 5.41) is 12.3. The third kappa shape index (κ3) is 4.67. The Morgan fingerprint density at radius 2 is 1.86 bits per heavy atom. The van der Waals surface area contributed by atoms with Gasteiger partial charge in [0.2, 0.25) is 5.91 Å². The number of nitrogens with two attached hydrogens (primary N) is 1. The van der Waals surface area contributed by atoms with E-state index in [9.17, 15) is 19.5 Å². The van der Waals surface area contributed by atoms with Crippen molar-refractivity contribution in [1.29, 1.82) is 0 Å². The topological polar surface area (TPSA) is 126 Å². The van der Waals surface area contributed by atoms with Gasteiger partial charge in [-0.15, -0.1) is 0 Å². The molecule has 1 aromatic heterocycles. The summed E-state index contributed by atoms with van der Waals surface area (Å²) < 4.78 is 0. The monoisotopic (exact) mass is 388 g/mol. The lowest BCUT2D eigenvalue weighted by Gasteiger charge is -2.44. The van der Waals surface area contributed by atoms with E-state index in [1.165, 1.54) is 18.5 Å². The van der Waals surface area contributed by atoms with Crippen LogP contribution in [-0.4, -0.2) is 51.4 Å². The van der Waals surface area contributed by atoms with Crippen LogP contribution in [0.4, 0.5) is 5.69 Å². The minimum absolute atomic E-state index is 0.0250. The molecule has 3 rings (SSSR count). The van der Waals surface area contributed by atoms with Gasteiger partial charge in [-0.2, -0.15) is 0 Å². The van der Waals surface area contributed by atoms with Crippen molar-refractivity contribution in [3.8, 4) is 0 Å². The van der Waals surface area contributed by atoms with E-state index >= 15 is 0 Å². The molecule has 4 N–H and O–H groups in total.